The number of carbonyl (C=O) groups excluding carboxylic acids is 1. The highest BCUT2D eigenvalue weighted by Gasteiger charge is 2.12. The fraction of sp³-hybridized carbons (Fsp3) is 0.222. The van der Waals surface area contributed by atoms with Gasteiger partial charge < -0.3 is 9.88 Å². The lowest BCUT2D eigenvalue weighted by Gasteiger charge is -2.15. The van der Waals surface area contributed by atoms with E-state index in [1.165, 1.54) is 6.07 Å². The van der Waals surface area contributed by atoms with E-state index < -0.39 is 17.7 Å². The number of rotatable bonds is 5. The summed E-state index contributed by atoms with van der Waals surface area (Å²) in [6.07, 6.45) is 1.98. The number of halogens is 2. The summed E-state index contributed by atoms with van der Waals surface area (Å²) in [7, 11) is 0. The molecule has 1 N–H and O–H groups in total. The fourth-order valence-corrected chi connectivity index (χ4v) is 2.59. The van der Waals surface area contributed by atoms with Gasteiger partial charge in [-0.25, -0.2) is 13.8 Å². The number of para-hydroxylation sites is 2. The topological polar surface area (TPSA) is 46.9 Å². The minimum Gasteiger partial charge on any atom is -0.350 e. The van der Waals surface area contributed by atoms with E-state index in [1.807, 2.05) is 28.8 Å². The van der Waals surface area contributed by atoms with Gasteiger partial charge in [-0.15, -0.1) is 0 Å². The lowest BCUT2D eigenvalue weighted by molar-refractivity contribution is -0.121. The van der Waals surface area contributed by atoms with Crippen LogP contribution in [0, 0.1) is 11.6 Å². The van der Waals surface area contributed by atoms with E-state index in [0.717, 1.165) is 23.2 Å². The molecule has 4 nitrogen and oxygen atoms in total. The lowest BCUT2D eigenvalue weighted by atomic mass is 10.1. The molecule has 0 aliphatic carbocycles. The maximum absolute atomic E-state index is 13.3. The molecule has 24 heavy (non-hydrogen) atoms. The zero-order chi connectivity index (χ0) is 17.1. The van der Waals surface area contributed by atoms with Gasteiger partial charge in [0.1, 0.15) is 0 Å². The number of hydrogen-bond donors (Lipinski definition) is 1. The van der Waals surface area contributed by atoms with Crippen LogP contribution in [0.1, 0.15) is 24.9 Å². The van der Waals surface area contributed by atoms with E-state index in [1.54, 1.807) is 13.3 Å². The smallest absolute Gasteiger partial charge is 0.222 e. The Labute approximate surface area is 138 Å². The monoisotopic (exact) mass is 329 g/mol. The molecule has 1 atom stereocenters. The number of nitrogens with one attached hydrogen (secondary N) is 1. The van der Waals surface area contributed by atoms with Crippen molar-refractivity contribution >= 4 is 16.9 Å². The van der Waals surface area contributed by atoms with Crippen LogP contribution in [0.2, 0.25) is 0 Å². The number of aryl methyl sites for hydroxylation is 1. The Morgan fingerprint density at radius 3 is 2.79 bits per heavy atom. The molecule has 6 heteroatoms. The van der Waals surface area contributed by atoms with Crippen molar-refractivity contribution < 1.29 is 13.6 Å². The summed E-state index contributed by atoms with van der Waals surface area (Å²) in [5.74, 6) is -1.98. The third-order valence-electron chi connectivity index (χ3n) is 3.93. The summed E-state index contributed by atoms with van der Waals surface area (Å²) >= 11 is 0. The van der Waals surface area contributed by atoms with Crippen LogP contribution < -0.4 is 5.32 Å². The maximum atomic E-state index is 13.3. The number of amides is 1. The molecule has 0 spiro atoms. The summed E-state index contributed by atoms with van der Waals surface area (Å²) in [5, 5.41) is 2.79. The van der Waals surface area contributed by atoms with Crippen molar-refractivity contribution in [3.8, 4) is 0 Å². The van der Waals surface area contributed by atoms with Gasteiger partial charge in [0.15, 0.2) is 11.6 Å². The number of nitrogens with zero attached hydrogens (tertiary/aromatic N) is 2. The van der Waals surface area contributed by atoms with Crippen molar-refractivity contribution in [2.75, 3.05) is 0 Å². The molecule has 1 heterocycles. The Hall–Kier alpha value is -2.76. The molecule has 1 unspecified atom stereocenters. The van der Waals surface area contributed by atoms with Gasteiger partial charge >= 0.3 is 0 Å². The van der Waals surface area contributed by atoms with Crippen LogP contribution in [0.5, 0.6) is 0 Å². The van der Waals surface area contributed by atoms with Crippen molar-refractivity contribution in [3.63, 3.8) is 0 Å². The van der Waals surface area contributed by atoms with E-state index in [2.05, 4.69) is 10.3 Å². The maximum Gasteiger partial charge on any atom is 0.222 e. The molecular weight excluding hydrogens is 312 g/mol. The first-order valence-corrected chi connectivity index (χ1v) is 7.69. The Bertz CT molecular complexity index is 876. The van der Waals surface area contributed by atoms with Gasteiger partial charge in [0.05, 0.1) is 23.4 Å². The van der Waals surface area contributed by atoms with Crippen molar-refractivity contribution in [1.29, 1.82) is 0 Å². The highest BCUT2D eigenvalue weighted by atomic mass is 19.2. The van der Waals surface area contributed by atoms with Gasteiger partial charge in [-0.05, 0) is 36.8 Å². The Kier molecular flexibility index (Phi) is 4.55. The molecule has 1 amide bonds. The molecule has 0 bridgehead atoms. The third kappa shape index (κ3) is 3.42. The molecule has 124 valence electrons. The number of fused-ring (bicyclic) bond motifs is 1. The van der Waals surface area contributed by atoms with Gasteiger partial charge in [-0.2, -0.15) is 0 Å². The summed E-state index contributed by atoms with van der Waals surface area (Å²) in [4.78, 5) is 16.4. The summed E-state index contributed by atoms with van der Waals surface area (Å²) < 4.78 is 28.1. The molecule has 0 aliphatic rings. The molecule has 0 fully saturated rings. The number of carbonyl (C=O) groups is 1. The largest absolute Gasteiger partial charge is 0.350 e. The Morgan fingerprint density at radius 2 is 2.00 bits per heavy atom. The Morgan fingerprint density at radius 1 is 1.21 bits per heavy atom. The predicted octanol–water partition coefficient (Wildman–Crippen LogP) is 3.58. The van der Waals surface area contributed by atoms with Crippen LogP contribution >= 0.6 is 0 Å². The lowest BCUT2D eigenvalue weighted by Crippen LogP contribution is -2.27. The molecule has 2 aromatic carbocycles. The predicted molar refractivity (Wildman–Crippen MR) is 87.3 cm³/mol. The number of hydrogen-bond acceptors (Lipinski definition) is 2. The average molecular weight is 329 g/mol. The highest BCUT2D eigenvalue weighted by molar-refractivity contribution is 5.77. The van der Waals surface area contributed by atoms with Gasteiger partial charge in [-0.1, -0.05) is 18.2 Å². The van der Waals surface area contributed by atoms with Crippen molar-refractivity contribution in [2.24, 2.45) is 0 Å². The van der Waals surface area contributed by atoms with Crippen LogP contribution in [0.25, 0.3) is 11.0 Å². The van der Waals surface area contributed by atoms with Gasteiger partial charge in [0.2, 0.25) is 5.91 Å². The zero-order valence-corrected chi connectivity index (χ0v) is 13.2. The van der Waals surface area contributed by atoms with Gasteiger partial charge in [-0.3, -0.25) is 4.79 Å². The Balaban J connectivity index is 1.60. The molecule has 3 aromatic rings. The molecule has 3 rings (SSSR count). The van der Waals surface area contributed by atoms with Crippen LogP contribution in [0.15, 0.2) is 48.8 Å². The summed E-state index contributed by atoms with van der Waals surface area (Å²) in [6, 6.07) is 10.9. The minimum absolute atomic E-state index is 0.162. The second-order valence-corrected chi connectivity index (χ2v) is 5.64. The first kappa shape index (κ1) is 16.1. The number of imidazole rings is 1. The zero-order valence-electron chi connectivity index (χ0n) is 13.2. The van der Waals surface area contributed by atoms with E-state index in [0.29, 0.717) is 12.1 Å². The SMILES string of the molecule is CC(NC(=O)CCn1cnc2ccccc21)c1ccc(F)c(F)c1. The first-order chi connectivity index (χ1) is 11.5. The second-order valence-electron chi connectivity index (χ2n) is 5.64. The van der Waals surface area contributed by atoms with E-state index in [-0.39, 0.29) is 12.3 Å². The third-order valence-corrected chi connectivity index (χ3v) is 3.93. The van der Waals surface area contributed by atoms with Crippen molar-refractivity contribution in [3.05, 3.63) is 66.0 Å². The normalized spacial score (nSPS) is 12.3. The molecule has 0 radical (unpaired) electrons. The van der Waals surface area contributed by atoms with Gasteiger partial charge in [0, 0.05) is 13.0 Å². The standard InChI is InChI=1S/C18H17F2N3O/c1-12(13-6-7-14(19)15(20)10-13)22-18(24)8-9-23-11-21-16-4-2-3-5-17(16)23/h2-7,10-12H,8-9H2,1H3,(H,22,24). The van der Waals surface area contributed by atoms with Crippen molar-refractivity contribution in [2.45, 2.75) is 25.9 Å². The fourth-order valence-electron chi connectivity index (χ4n) is 2.59. The van der Waals surface area contributed by atoms with Crippen LogP contribution in [-0.4, -0.2) is 15.5 Å². The number of benzene rings is 2. The van der Waals surface area contributed by atoms with E-state index in [4.69, 9.17) is 0 Å². The quantitative estimate of drug-likeness (QED) is 0.778. The first-order valence-electron chi connectivity index (χ1n) is 7.69. The average Bonchev–Trinajstić information content (AvgIpc) is 2.98. The molecular formula is C18H17F2N3O. The summed E-state index contributed by atoms with van der Waals surface area (Å²) in [5.41, 5.74) is 2.38. The van der Waals surface area contributed by atoms with Crippen LogP contribution in [-0.2, 0) is 11.3 Å². The minimum atomic E-state index is -0.918. The van der Waals surface area contributed by atoms with Crippen molar-refractivity contribution in [1.82, 2.24) is 14.9 Å². The van der Waals surface area contributed by atoms with E-state index >= 15 is 0 Å². The number of aromatic nitrogens is 2. The van der Waals surface area contributed by atoms with Crippen LogP contribution in [0.4, 0.5) is 8.78 Å². The highest BCUT2D eigenvalue weighted by Crippen LogP contribution is 2.16. The second kappa shape index (κ2) is 6.78. The van der Waals surface area contributed by atoms with E-state index in [9.17, 15) is 13.6 Å². The summed E-state index contributed by atoms with van der Waals surface area (Å²) in [6.45, 7) is 2.23. The molecule has 1 aromatic heterocycles. The molecule has 0 saturated carbocycles. The molecule has 0 aliphatic heterocycles. The van der Waals surface area contributed by atoms with Crippen LogP contribution in [0.3, 0.4) is 0 Å². The van der Waals surface area contributed by atoms with Gasteiger partial charge in [0.25, 0.3) is 0 Å². The molecule has 0 saturated heterocycles.